The molecule has 0 amide bonds. The fourth-order valence-corrected chi connectivity index (χ4v) is 2.90. The molecule has 0 saturated carbocycles. The zero-order chi connectivity index (χ0) is 15.6. The number of ether oxygens (including phenoxy) is 2. The first-order valence-electron chi connectivity index (χ1n) is 6.46. The van der Waals surface area contributed by atoms with E-state index in [1.54, 1.807) is 14.2 Å². The van der Waals surface area contributed by atoms with E-state index in [2.05, 4.69) is 26.1 Å². The van der Waals surface area contributed by atoms with Crippen molar-refractivity contribution in [3.05, 3.63) is 45.2 Å². The lowest BCUT2D eigenvalue weighted by atomic mass is 9.97. The summed E-state index contributed by atoms with van der Waals surface area (Å²) in [5, 5.41) is 8.17. The maximum Gasteiger partial charge on any atom is 0.141 e. The average Bonchev–Trinajstić information content (AvgIpc) is 2.48. The minimum Gasteiger partial charge on any atom is -0.495 e. The quantitative estimate of drug-likeness (QED) is 0.916. The third kappa shape index (κ3) is 3.01. The highest BCUT2D eigenvalue weighted by molar-refractivity contribution is 9.10. The smallest absolute Gasteiger partial charge is 0.141 e. The van der Waals surface area contributed by atoms with Gasteiger partial charge < -0.3 is 15.2 Å². The molecule has 0 fully saturated rings. The lowest BCUT2D eigenvalue weighted by molar-refractivity contribution is 0.385. The Morgan fingerprint density at radius 3 is 2.43 bits per heavy atom. The summed E-state index contributed by atoms with van der Waals surface area (Å²) in [4.78, 5) is 0. The topological polar surface area (TPSA) is 70.3 Å². The first-order valence-corrected chi connectivity index (χ1v) is 7.25. The summed E-state index contributed by atoms with van der Waals surface area (Å²) in [5.74, 6) is 1.36. The summed E-state index contributed by atoms with van der Waals surface area (Å²) in [5.41, 5.74) is 9.84. The minimum atomic E-state index is -0.351. The number of methoxy groups -OCH3 is 2. The Balaban J connectivity index is 2.55. The molecule has 2 rings (SSSR count). The summed E-state index contributed by atoms with van der Waals surface area (Å²) in [6.45, 7) is 3.79. The molecule has 0 radical (unpaired) electrons. The molecule has 1 atom stereocenters. The van der Waals surface area contributed by atoms with E-state index in [0.29, 0.717) is 11.5 Å². The molecule has 0 spiro atoms. The van der Waals surface area contributed by atoms with E-state index in [4.69, 9.17) is 15.2 Å². The van der Waals surface area contributed by atoms with Gasteiger partial charge in [-0.15, -0.1) is 0 Å². The zero-order valence-corrected chi connectivity index (χ0v) is 14.1. The highest BCUT2D eigenvalue weighted by Gasteiger charge is 2.21. The number of halogens is 1. The molecule has 21 heavy (non-hydrogen) atoms. The number of aryl methyl sites for hydroxylation is 2. The molecule has 6 heteroatoms. The van der Waals surface area contributed by atoms with Crippen LogP contribution >= 0.6 is 15.9 Å². The average molecular weight is 352 g/mol. The molecule has 5 nitrogen and oxygen atoms in total. The molecule has 1 aromatic heterocycles. The summed E-state index contributed by atoms with van der Waals surface area (Å²) in [7, 11) is 3.22. The lowest BCUT2D eigenvalue weighted by Gasteiger charge is -2.19. The van der Waals surface area contributed by atoms with Crippen molar-refractivity contribution in [2.45, 2.75) is 19.9 Å². The molecular weight excluding hydrogens is 334 g/mol. The molecule has 112 valence electrons. The van der Waals surface area contributed by atoms with Crippen molar-refractivity contribution in [2.75, 3.05) is 14.2 Å². The Labute approximate surface area is 132 Å². The highest BCUT2D eigenvalue weighted by Crippen LogP contribution is 2.40. The van der Waals surface area contributed by atoms with Crippen LogP contribution in [0.3, 0.4) is 0 Å². The number of hydrogen-bond donors (Lipinski definition) is 1. The Bertz CT molecular complexity index is 662. The number of hydrogen-bond acceptors (Lipinski definition) is 5. The van der Waals surface area contributed by atoms with E-state index in [1.165, 1.54) is 0 Å². The number of aromatic nitrogens is 2. The van der Waals surface area contributed by atoms with Gasteiger partial charge in [0.25, 0.3) is 0 Å². The van der Waals surface area contributed by atoms with Gasteiger partial charge in [0.2, 0.25) is 0 Å². The van der Waals surface area contributed by atoms with E-state index in [-0.39, 0.29) is 6.04 Å². The van der Waals surface area contributed by atoms with Crippen LogP contribution in [0, 0.1) is 13.8 Å². The Kier molecular flexibility index (Phi) is 4.80. The second-order valence-electron chi connectivity index (χ2n) is 4.71. The summed E-state index contributed by atoms with van der Waals surface area (Å²) < 4.78 is 11.5. The van der Waals surface area contributed by atoms with Gasteiger partial charge in [0, 0.05) is 5.56 Å². The van der Waals surface area contributed by atoms with Crippen LogP contribution in [0.2, 0.25) is 0 Å². The number of nitrogens with two attached hydrogens (primary N) is 1. The third-order valence-electron chi connectivity index (χ3n) is 3.33. The monoisotopic (exact) mass is 351 g/mol. The van der Waals surface area contributed by atoms with Gasteiger partial charge in [-0.1, -0.05) is 0 Å². The van der Waals surface area contributed by atoms with Crippen molar-refractivity contribution in [1.82, 2.24) is 10.2 Å². The van der Waals surface area contributed by atoms with Gasteiger partial charge >= 0.3 is 0 Å². The first kappa shape index (κ1) is 15.7. The van der Waals surface area contributed by atoms with Crippen molar-refractivity contribution >= 4 is 15.9 Å². The summed E-state index contributed by atoms with van der Waals surface area (Å²) >= 11 is 3.49. The molecule has 1 heterocycles. The van der Waals surface area contributed by atoms with E-state index >= 15 is 0 Å². The van der Waals surface area contributed by atoms with Gasteiger partial charge in [0.1, 0.15) is 16.0 Å². The van der Waals surface area contributed by atoms with Crippen LogP contribution in [0.5, 0.6) is 11.5 Å². The Morgan fingerprint density at radius 1 is 1.10 bits per heavy atom. The summed E-state index contributed by atoms with van der Waals surface area (Å²) in [6, 6.07) is 5.36. The largest absolute Gasteiger partial charge is 0.495 e. The normalized spacial score (nSPS) is 12.1. The van der Waals surface area contributed by atoms with E-state index in [0.717, 1.165) is 27.0 Å². The van der Waals surface area contributed by atoms with Gasteiger partial charge in [-0.05, 0) is 53.5 Å². The van der Waals surface area contributed by atoms with Crippen molar-refractivity contribution in [3.63, 3.8) is 0 Å². The van der Waals surface area contributed by atoms with Crippen LogP contribution in [0.25, 0.3) is 0 Å². The molecule has 1 unspecified atom stereocenters. The molecule has 2 aromatic rings. The SMILES string of the molecule is COc1ccc(C(N)c2cc(C)nnc2C)c(OC)c1Br. The minimum absolute atomic E-state index is 0.351. The molecule has 0 saturated heterocycles. The molecule has 0 aliphatic heterocycles. The molecule has 0 bridgehead atoms. The molecule has 0 aliphatic carbocycles. The van der Waals surface area contributed by atoms with Crippen molar-refractivity contribution in [1.29, 1.82) is 0 Å². The van der Waals surface area contributed by atoms with E-state index in [9.17, 15) is 0 Å². The van der Waals surface area contributed by atoms with Crippen molar-refractivity contribution < 1.29 is 9.47 Å². The fraction of sp³-hybridized carbons (Fsp3) is 0.333. The van der Waals surface area contributed by atoms with E-state index < -0.39 is 0 Å². The van der Waals surface area contributed by atoms with Crippen LogP contribution in [0.1, 0.15) is 28.6 Å². The van der Waals surface area contributed by atoms with E-state index in [1.807, 2.05) is 32.0 Å². The molecule has 2 N–H and O–H groups in total. The van der Waals surface area contributed by atoms with Crippen LogP contribution < -0.4 is 15.2 Å². The van der Waals surface area contributed by atoms with Gasteiger partial charge in [0.15, 0.2) is 0 Å². The van der Waals surface area contributed by atoms with Crippen LogP contribution in [-0.4, -0.2) is 24.4 Å². The Morgan fingerprint density at radius 2 is 1.81 bits per heavy atom. The Hall–Kier alpha value is -1.66. The summed E-state index contributed by atoms with van der Waals surface area (Å²) in [6.07, 6.45) is 0. The number of benzene rings is 1. The van der Waals surface area contributed by atoms with Gasteiger partial charge in [-0.3, -0.25) is 0 Å². The van der Waals surface area contributed by atoms with Crippen LogP contribution in [0.4, 0.5) is 0 Å². The molecule has 1 aromatic carbocycles. The van der Waals surface area contributed by atoms with Gasteiger partial charge in [-0.25, -0.2) is 0 Å². The second-order valence-corrected chi connectivity index (χ2v) is 5.50. The third-order valence-corrected chi connectivity index (χ3v) is 4.08. The van der Waals surface area contributed by atoms with Crippen molar-refractivity contribution in [3.8, 4) is 11.5 Å². The van der Waals surface area contributed by atoms with Crippen LogP contribution in [-0.2, 0) is 0 Å². The lowest BCUT2D eigenvalue weighted by Crippen LogP contribution is -2.16. The first-order chi connectivity index (χ1) is 9.99. The van der Waals surface area contributed by atoms with Gasteiger partial charge in [0.05, 0.1) is 31.6 Å². The zero-order valence-electron chi connectivity index (χ0n) is 12.5. The van der Waals surface area contributed by atoms with Crippen molar-refractivity contribution in [2.24, 2.45) is 5.73 Å². The standard InChI is InChI=1S/C15H18BrN3O2/c1-8-7-11(9(2)19-18-8)14(17)10-5-6-12(20-3)13(16)15(10)21-4/h5-7,14H,17H2,1-4H3. The maximum absolute atomic E-state index is 6.41. The second kappa shape index (κ2) is 6.41. The van der Waals surface area contributed by atoms with Crippen LogP contribution in [0.15, 0.2) is 22.7 Å². The molecular formula is C15H18BrN3O2. The fourth-order valence-electron chi connectivity index (χ4n) is 2.22. The predicted molar refractivity (Wildman–Crippen MR) is 84.8 cm³/mol. The maximum atomic E-state index is 6.41. The van der Waals surface area contributed by atoms with Gasteiger partial charge in [-0.2, -0.15) is 10.2 Å². The highest BCUT2D eigenvalue weighted by atomic mass is 79.9. The predicted octanol–water partition coefficient (Wildman–Crippen LogP) is 2.92. The molecule has 0 aliphatic rings. The number of rotatable bonds is 4. The number of nitrogens with zero attached hydrogens (tertiary/aromatic N) is 2.